The molecule has 6 nitrogen and oxygen atoms in total. The zero-order chi connectivity index (χ0) is 14.2. The Hall–Kier alpha value is -1.40. The van der Waals surface area contributed by atoms with Crippen LogP contribution in [0.3, 0.4) is 0 Å². The highest BCUT2D eigenvalue weighted by molar-refractivity contribution is 5.75. The maximum absolute atomic E-state index is 11.7. The first kappa shape index (κ1) is 15.0. The van der Waals surface area contributed by atoms with Gasteiger partial charge in [-0.25, -0.2) is 4.98 Å². The second-order valence-electron chi connectivity index (χ2n) is 4.92. The van der Waals surface area contributed by atoms with Gasteiger partial charge in [-0.1, -0.05) is 6.92 Å². The summed E-state index contributed by atoms with van der Waals surface area (Å²) >= 11 is 0. The van der Waals surface area contributed by atoms with E-state index in [-0.39, 0.29) is 5.91 Å². The largest absolute Gasteiger partial charge is 0.444 e. The first-order valence-electron chi connectivity index (χ1n) is 7.30. The van der Waals surface area contributed by atoms with Crippen LogP contribution in [0.2, 0.25) is 0 Å². The Bertz CT molecular complexity index is 414. The Labute approximate surface area is 119 Å². The highest BCUT2D eigenvalue weighted by Crippen LogP contribution is 2.07. The molecule has 1 aliphatic heterocycles. The van der Waals surface area contributed by atoms with E-state index in [0.29, 0.717) is 31.6 Å². The Morgan fingerprint density at radius 1 is 1.55 bits per heavy atom. The van der Waals surface area contributed by atoms with Crippen molar-refractivity contribution in [3.05, 3.63) is 17.8 Å². The number of oxazole rings is 1. The van der Waals surface area contributed by atoms with E-state index in [1.807, 2.05) is 6.92 Å². The van der Waals surface area contributed by atoms with Crippen LogP contribution in [0.4, 0.5) is 0 Å². The first-order valence-corrected chi connectivity index (χ1v) is 7.30. The summed E-state index contributed by atoms with van der Waals surface area (Å²) in [5, 5.41) is 6.07. The predicted molar refractivity (Wildman–Crippen MR) is 74.2 cm³/mol. The van der Waals surface area contributed by atoms with Crippen LogP contribution < -0.4 is 10.6 Å². The van der Waals surface area contributed by atoms with Crippen molar-refractivity contribution in [3.8, 4) is 0 Å². The number of hydrogen-bond acceptors (Lipinski definition) is 5. The van der Waals surface area contributed by atoms with Crippen molar-refractivity contribution in [3.63, 3.8) is 0 Å². The van der Waals surface area contributed by atoms with Crippen LogP contribution in [0.1, 0.15) is 37.8 Å². The third kappa shape index (κ3) is 4.94. The highest BCUT2D eigenvalue weighted by Gasteiger charge is 2.13. The lowest BCUT2D eigenvalue weighted by Crippen LogP contribution is -2.33. The second kappa shape index (κ2) is 8.01. The molecule has 1 aliphatic rings. The lowest BCUT2D eigenvalue weighted by molar-refractivity contribution is -0.123. The van der Waals surface area contributed by atoms with Crippen LogP contribution in [0.15, 0.2) is 10.6 Å². The third-order valence-electron chi connectivity index (χ3n) is 3.36. The lowest BCUT2D eigenvalue weighted by Gasteiger charge is -2.22. The molecule has 0 aromatic carbocycles. The van der Waals surface area contributed by atoms with Crippen LogP contribution in [0.25, 0.3) is 0 Å². The van der Waals surface area contributed by atoms with E-state index < -0.39 is 0 Å². The number of amides is 1. The molecule has 6 heteroatoms. The van der Waals surface area contributed by atoms with E-state index in [1.54, 1.807) is 6.20 Å². The average molecular weight is 281 g/mol. The summed E-state index contributed by atoms with van der Waals surface area (Å²) in [4.78, 5) is 15.8. The molecule has 0 spiro atoms. The van der Waals surface area contributed by atoms with Crippen molar-refractivity contribution in [1.82, 2.24) is 15.6 Å². The minimum atomic E-state index is -0.0322. The van der Waals surface area contributed by atoms with Gasteiger partial charge in [0, 0.05) is 12.8 Å². The van der Waals surface area contributed by atoms with Gasteiger partial charge in [-0.15, -0.1) is 0 Å². The molecule has 1 fully saturated rings. The predicted octanol–water partition coefficient (Wildman–Crippen LogP) is 1.01. The van der Waals surface area contributed by atoms with E-state index in [9.17, 15) is 4.79 Å². The van der Waals surface area contributed by atoms with Gasteiger partial charge < -0.3 is 19.8 Å². The zero-order valence-corrected chi connectivity index (χ0v) is 12.0. The number of ether oxygens (including phenoxy) is 1. The summed E-state index contributed by atoms with van der Waals surface area (Å²) < 4.78 is 11.1. The van der Waals surface area contributed by atoms with Gasteiger partial charge in [0.2, 0.25) is 11.8 Å². The first-order chi connectivity index (χ1) is 9.78. The Morgan fingerprint density at radius 2 is 2.35 bits per heavy atom. The minimum absolute atomic E-state index is 0.0322. The summed E-state index contributed by atoms with van der Waals surface area (Å²) in [6.45, 7) is 4.82. The summed E-state index contributed by atoms with van der Waals surface area (Å²) in [6.07, 6.45) is 5.23. The average Bonchev–Trinajstić information content (AvgIpc) is 2.94. The van der Waals surface area contributed by atoms with Gasteiger partial charge in [-0.2, -0.15) is 0 Å². The topological polar surface area (TPSA) is 76.4 Å². The van der Waals surface area contributed by atoms with Gasteiger partial charge in [0.05, 0.1) is 25.5 Å². The number of carbonyl (C=O) groups excluding carboxylic acids is 1. The maximum Gasteiger partial charge on any atom is 0.222 e. The van der Waals surface area contributed by atoms with Crippen LogP contribution in [0.5, 0.6) is 0 Å². The van der Waals surface area contributed by atoms with Gasteiger partial charge in [0.25, 0.3) is 0 Å². The normalized spacial score (nSPS) is 16.2. The molecule has 2 rings (SSSR count). The van der Waals surface area contributed by atoms with E-state index >= 15 is 0 Å². The quantitative estimate of drug-likeness (QED) is 0.780. The van der Waals surface area contributed by atoms with Gasteiger partial charge in [-0.3, -0.25) is 4.79 Å². The fourth-order valence-corrected chi connectivity index (χ4v) is 2.14. The van der Waals surface area contributed by atoms with Crippen LogP contribution in [-0.2, 0) is 22.5 Å². The molecule has 112 valence electrons. The SMILES string of the molecule is CCc1cnc(CNC(=O)CCOC2CCNCC2)o1. The van der Waals surface area contributed by atoms with Crippen LogP contribution in [0, 0.1) is 0 Å². The lowest BCUT2D eigenvalue weighted by atomic mass is 10.1. The molecule has 0 radical (unpaired) electrons. The van der Waals surface area contributed by atoms with Crippen molar-refractivity contribution in [2.24, 2.45) is 0 Å². The van der Waals surface area contributed by atoms with Crippen molar-refractivity contribution >= 4 is 5.91 Å². The molecule has 0 saturated carbocycles. The molecular formula is C14H23N3O3. The van der Waals surface area contributed by atoms with Crippen LogP contribution >= 0.6 is 0 Å². The summed E-state index contributed by atoms with van der Waals surface area (Å²) in [7, 11) is 0. The van der Waals surface area contributed by atoms with E-state index in [1.165, 1.54) is 0 Å². The molecule has 0 atom stereocenters. The number of piperidine rings is 1. The van der Waals surface area contributed by atoms with Crippen LogP contribution in [-0.4, -0.2) is 36.7 Å². The summed E-state index contributed by atoms with van der Waals surface area (Å²) in [5.74, 6) is 1.35. The van der Waals surface area contributed by atoms with E-state index in [4.69, 9.17) is 9.15 Å². The maximum atomic E-state index is 11.7. The smallest absolute Gasteiger partial charge is 0.222 e. The highest BCUT2D eigenvalue weighted by atomic mass is 16.5. The second-order valence-corrected chi connectivity index (χ2v) is 4.92. The van der Waals surface area contributed by atoms with Crippen molar-refractivity contribution in [2.75, 3.05) is 19.7 Å². The number of hydrogen-bond donors (Lipinski definition) is 2. The Balaban J connectivity index is 1.57. The fraction of sp³-hybridized carbons (Fsp3) is 0.714. The minimum Gasteiger partial charge on any atom is -0.444 e. The van der Waals surface area contributed by atoms with Crippen molar-refractivity contribution < 1.29 is 13.9 Å². The molecule has 0 unspecified atom stereocenters. The van der Waals surface area contributed by atoms with Crippen molar-refractivity contribution in [1.29, 1.82) is 0 Å². The summed E-state index contributed by atoms with van der Waals surface area (Å²) in [5.41, 5.74) is 0. The molecular weight excluding hydrogens is 258 g/mol. The molecule has 0 bridgehead atoms. The number of nitrogens with zero attached hydrogens (tertiary/aromatic N) is 1. The molecule has 1 aromatic rings. The number of aromatic nitrogens is 1. The molecule has 20 heavy (non-hydrogen) atoms. The number of carbonyl (C=O) groups is 1. The van der Waals surface area contributed by atoms with E-state index in [2.05, 4.69) is 15.6 Å². The molecule has 2 heterocycles. The molecule has 1 aromatic heterocycles. The monoisotopic (exact) mass is 281 g/mol. The van der Waals surface area contributed by atoms with E-state index in [0.717, 1.165) is 38.1 Å². The number of rotatable bonds is 7. The Morgan fingerprint density at radius 3 is 3.05 bits per heavy atom. The molecule has 0 aliphatic carbocycles. The van der Waals surface area contributed by atoms with Gasteiger partial charge in [0.15, 0.2) is 0 Å². The standard InChI is InChI=1S/C14H23N3O3/c1-2-11-9-17-14(20-11)10-16-13(18)5-8-19-12-3-6-15-7-4-12/h9,12,15H,2-8,10H2,1H3,(H,16,18). The van der Waals surface area contributed by atoms with Crippen molar-refractivity contribution in [2.45, 2.75) is 45.3 Å². The fourth-order valence-electron chi connectivity index (χ4n) is 2.14. The number of nitrogens with one attached hydrogen (secondary N) is 2. The van der Waals surface area contributed by atoms with Gasteiger partial charge in [-0.05, 0) is 25.9 Å². The molecule has 1 amide bonds. The van der Waals surface area contributed by atoms with Gasteiger partial charge >= 0.3 is 0 Å². The zero-order valence-electron chi connectivity index (χ0n) is 12.0. The molecule has 1 saturated heterocycles. The third-order valence-corrected chi connectivity index (χ3v) is 3.36. The Kier molecular flexibility index (Phi) is 6.01. The van der Waals surface area contributed by atoms with Gasteiger partial charge in [0.1, 0.15) is 5.76 Å². The molecule has 2 N–H and O–H groups in total. The number of aryl methyl sites for hydroxylation is 1. The summed E-state index contributed by atoms with van der Waals surface area (Å²) in [6, 6.07) is 0.